The molecule has 0 aromatic heterocycles. The molecule has 2 aliphatic rings. The molecular weight excluding hydrogens is 160 g/mol. The molecule has 0 aromatic rings. The molecular formula is C12H22O. The van der Waals surface area contributed by atoms with Gasteiger partial charge in [0.25, 0.3) is 0 Å². The summed E-state index contributed by atoms with van der Waals surface area (Å²) < 4.78 is 0. The van der Waals surface area contributed by atoms with Gasteiger partial charge in [-0.1, -0.05) is 26.2 Å². The summed E-state index contributed by atoms with van der Waals surface area (Å²) in [6.07, 6.45) is 9.47. The van der Waals surface area contributed by atoms with Crippen LogP contribution in [0.2, 0.25) is 0 Å². The molecule has 0 aliphatic heterocycles. The van der Waals surface area contributed by atoms with Crippen molar-refractivity contribution in [3.8, 4) is 0 Å². The van der Waals surface area contributed by atoms with Crippen LogP contribution in [0.1, 0.15) is 51.9 Å². The summed E-state index contributed by atoms with van der Waals surface area (Å²) in [6.45, 7) is 2.75. The first-order valence-electron chi connectivity index (χ1n) is 5.91. The third kappa shape index (κ3) is 1.52. The normalized spacial score (nSPS) is 44.8. The van der Waals surface area contributed by atoms with Gasteiger partial charge < -0.3 is 5.11 Å². The van der Waals surface area contributed by atoms with E-state index in [1.165, 1.54) is 44.9 Å². The van der Waals surface area contributed by atoms with Gasteiger partial charge >= 0.3 is 0 Å². The molecule has 0 amide bonds. The minimum Gasteiger partial charge on any atom is -0.396 e. The standard InChI is InChI=1S/C12H22O/c1-2-10-7-11-5-3-4-6-12(11,8-10)9-13/h10-11,13H,2-9H2,1H3/t10?,11-,12+/m0/s1. The quantitative estimate of drug-likeness (QED) is 0.696. The van der Waals surface area contributed by atoms with Crippen LogP contribution in [-0.2, 0) is 0 Å². The summed E-state index contributed by atoms with van der Waals surface area (Å²) in [5.41, 5.74) is 0.360. The summed E-state index contributed by atoms with van der Waals surface area (Å²) in [5, 5.41) is 9.57. The average Bonchev–Trinajstić information content (AvgIpc) is 2.56. The van der Waals surface area contributed by atoms with E-state index < -0.39 is 0 Å². The van der Waals surface area contributed by atoms with E-state index in [2.05, 4.69) is 6.92 Å². The van der Waals surface area contributed by atoms with Gasteiger partial charge in [0, 0.05) is 6.61 Å². The Morgan fingerprint density at radius 3 is 2.85 bits per heavy atom. The highest BCUT2D eigenvalue weighted by Gasteiger charge is 2.46. The molecule has 0 saturated heterocycles. The largest absolute Gasteiger partial charge is 0.396 e. The molecule has 1 unspecified atom stereocenters. The van der Waals surface area contributed by atoms with Crippen LogP contribution in [-0.4, -0.2) is 11.7 Å². The zero-order valence-electron chi connectivity index (χ0n) is 8.76. The SMILES string of the molecule is CCC1C[C@@H]2CCCC[C@]2(CO)C1. The lowest BCUT2D eigenvalue weighted by Crippen LogP contribution is -2.32. The second kappa shape index (κ2) is 3.61. The van der Waals surface area contributed by atoms with E-state index in [1.54, 1.807) is 0 Å². The Balaban J connectivity index is 2.10. The van der Waals surface area contributed by atoms with Gasteiger partial charge in [0.15, 0.2) is 0 Å². The molecule has 0 bridgehead atoms. The minimum atomic E-state index is 0.360. The highest BCUT2D eigenvalue weighted by molar-refractivity contribution is 4.97. The Hall–Kier alpha value is -0.0400. The first kappa shape index (κ1) is 9.51. The van der Waals surface area contributed by atoms with Crippen molar-refractivity contribution in [2.24, 2.45) is 17.3 Å². The topological polar surface area (TPSA) is 20.2 Å². The average molecular weight is 182 g/mol. The van der Waals surface area contributed by atoms with E-state index in [1.807, 2.05) is 0 Å². The van der Waals surface area contributed by atoms with Crippen molar-refractivity contribution < 1.29 is 5.11 Å². The van der Waals surface area contributed by atoms with Crippen molar-refractivity contribution in [2.45, 2.75) is 51.9 Å². The Kier molecular flexibility index (Phi) is 2.64. The first-order chi connectivity index (χ1) is 6.30. The fourth-order valence-electron chi connectivity index (χ4n) is 3.66. The van der Waals surface area contributed by atoms with Gasteiger partial charge in [-0.3, -0.25) is 0 Å². The van der Waals surface area contributed by atoms with Gasteiger partial charge in [0.1, 0.15) is 0 Å². The lowest BCUT2D eigenvalue weighted by Gasteiger charge is -2.38. The predicted octanol–water partition coefficient (Wildman–Crippen LogP) is 2.98. The van der Waals surface area contributed by atoms with Crippen molar-refractivity contribution in [2.75, 3.05) is 6.61 Å². The number of aliphatic hydroxyl groups is 1. The minimum absolute atomic E-state index is 0.360. The highest BCUT2D eigenvalue weighted by Crippen LogP contribution is 2.54. The summed E-state index contributed by atoms with van der Waals surface area (Å²) in [6, 6.07) is 0. The van der Waals surface area contributed by atoms with Crippen LogP contribution in [0.4, 0.5) is 0 Å². The zero-order valence-corrected chi connectivity index (χ0v) is 8.76. The fraction of sp³-hybridized carbons (Fsp3) is 1.00. The maximum atomic E-state index is 9.57. The molecule has 2 rings (SSSR count). The molecule has 2 aliphatic carbocycles. The fourth-order valence-corrected chi connectivity index (χ4v) is 3.66. The Morgan fingerprint density at radius 2 is 2.23 bits per heavy atom. The molecule has 0 aromatic carbocycles. The molecule has 2 saturated carbocycles. The monoisotopic (exact) mass is 182 g/mol. The zero-order chi connectivity index (χ0) is 9.31. The van der Waals surface area contributed by atoms with Crippen LogP contribution in [0.15, 0.2) is 0 Å². The van der Waals surface area contributed by atoms with Crippen molar-refractivity contribution in [3.05, 3.63) is 0 Å². The van der Waals surface area contributed by atoms with Crippen LogP contribution < -0.4 is 0 Å². The molecule has 76 valence electrons. The number of aliphatic hydroxyl groups excluding tert-OH is 1. The molecule has 1 heteroatoms. The molecule has 13 heavy (non-hydrogen) atoms. The van der Waals surface area contributed by atoms with Gasteiger partial charge in [-0.05, 0) is 42.9 Å². The van der Waals surface area contributed by atoms with Crippen molar-refractivity contribution >= 4 is 0 Å². The molecule has 3 atom stereocenters. The predicted molar refractivity (Wildman–Crippen MR) is 54.5 cm³/mol. The second-order valence-electron chi connectivity index (χ2n) is 5.18. The van der Waals surface area contributed by atoms with Crippen LogP contribution in [0.3, 0.4) is 0 Å². The van der Waals surface area contributed by atoms with Crippen LogP contribution in [0, 0.1) is 17.3 Å². The number of fused-ring (bicyclic) bond motifs is 1. The number of rotatable bonds is 2. The summed E-state index contributed by atoms with van der Waals surface area (Å²) in [5.74, 6) is 1.77. The van der Waals surface area contributed by atoms with Gasteiger partial charge in [-0.25, -0.2) is 0 Å². The molecule has 0 heterocycles. The second-order valence-corrected chi connectivity index (χ2v) is 5.18. The van der Waals surface area contributed by atoms with E-state index in [-0.39, 0.29) is 0 Å². The lowest BCUT2D eigenvalue weighted by molar-refractivity contribution is 0.0460. The summed E-state index contributed by atoms with van der Waals surface area (Å²) in [4.78, 5) is 0. The third-order valence-electron chi connectivity index (χ3n) is 4.55. The van der Waals surface area contributed by atoms with E-state index in [0.717, 1.165) is 11.8 Å². The highest BCUT2D eigenvalue weighted by atomic mass is 16.3. The summed E-state index contributed by atoms with van der Waals surface area (Å²) in [7, 11) is 0. The lowest BCUT2D eigenvalue weighted by atomic mass is 9.69. The summed E-state index contributed by atoms with van der Waals surface area (Å²) >= 11 is 0. The van der Waals surface area contributed by atoms with Gasteiger partial charge in [-0.15, -0.1) is 0 Å². The Morgan fingerprint density at radius 1 is 1.38 bits per heavy atom. The molecule has 1 N–H and O–H groups in total. The molecule has 0 spiro atoms. The van der Waals surface area contributed by atoms with E-state index >= 15 is 0 Å². The third-order valence-corrected chi connectivity index (χ3v) is 4.55. The Bertz CT molecular complexity index is 178. The smallest absolute Gasteiger partial charge is 0.0490 e. The Labute approximate surface area is 81.5 Å². The van der Waals surface area contributed by atoms with Crippen LogP contribution in [0.25, 0.3) is 0 Å². The van der Waals surface area contributed by atoms with Gasteiger partial charge in [-0.2, -0.15) is 0 Å². The number of hydrogen-bond acceptors (Lipinski definition) is 1. The number of hydrogen-bond donors (Lipinski definition) is 1. The van der Waals surface area contributed by atoms with E-state index in [4.69, 9.17) is 0 Å². The van der Waals surface area contributed by atoms with Crippen molar-refractivity contribution in [1.82, 2.24) is 0 Å². The van der Waals surface area contributed by atoms with Crippen molar-refractivity contribution in [3.63, 3.8) is 0 Å². The first-order valence-corrected chi connectivity index (χ1v) is 5.91. The molecule has 1 nitrogen and oxygen atoms in total. The van der Waals surface area contributed by atoms with Gasteiger partial charge in [0.2, 0.25) is 0 Å². The van der Waals surface area contributed by atoms with Crippen LogP contribution in [0.5, 0.6) is 0 Å². The molecule has 0 radical (unpaired) electrons. The van der Waals surface area contributed by atoms with E-state index in [9.17, 15) is 5.11 Å². The maximum absolute atomic E-state index is 9.57. The maximum Gasteiger partial charge on any atom is 0.0490 e. The van der Waals surface area contributed by atoms with Crippen LogP contribution >= 0.6 is 0 Å². The van der Waals surface area contributed by atoms with Gasteiger partial charge in [0.05, 0.1) is 0 Å². The molecule has 2 fully saturated rings. The van der Waals surface area contributed by atoms with E-state index in [0.29, 0.717) is 12.0 Å². The van der Waals surface area contributed by atoms with Crippen molar-refractivity contribution in [1.29, 1.82) is 0 Å².